The molecular formula is C21H39Br3O2Si. The van der Waals surface area contributed by atoms with Gasteiger partial charge in [0.2, 0.25) is 0 Å². The van der Waals surface area contributed by atoms with E-state index in [1.54, 1.807) is 6.92 Å². The van der Waals surface area contributed by atoms with Gasteiger partial charge in [0.05, 0.1) is 6.61 Å². The van der Waals surface area contributed by atoms with E-state index in [-0.39, 0.29) is 5.97 Å². The van der Waals surface area contributed by atoms with E-state index in [2.05, 4.69) is 52.5 Å². The van der Waals surface area contributed by atoms with Crippen LogP contribution in [0.4, 0.5) is 0 Å². The minimum atomic E-state index is -1.36. The molecule has 0 aromatic rings. The molecule has 0 saturated carbocycles. The van der Waals surface area contributed by atoms with E-state index in [1.165, 1.54) is 89.5 Å². The molecule has 0 aliphatic heterocycles. The molecule has 0 aliphatic rings. The van der Waals surface area contributed by atoms with Gasteiger partial charge in [0.1, 0.15) is 0 Å². The second-order valence-electron chi connectivity index (χ2n) is 7.58. The summed E-state index contributed by atoms with van der Waals surface area (Å²) in [6.07, 6.45) is 20.0. The van der Waals surface area contributed by atoms with E-state index >= 15 is 0 Å². The Bertz CT molecular complexity index is 384. The monoisotopic (exact) mass is 588 g/mol. The highest BCUT2D eigenvalue weighted by molar-refractivity contribution is 9.72. The summed E-state index contributed by atoms with van der Waals surface area (Å²) in [5.41, 5.74) is 0.488. The number of halogens is 3. The number of hydrogen-bond donors (Lipinski definition) is 0. The zero-order valence-corrected chi connectivity index (χ0v) is 22.9. The third-order valence-electron chi connectivity index (χ3n) is 4.69. The van der Waals surface area contributed by atoms with Crippen LogP contribution in [0.3, 0.4) is 0 Å². The Kier molecular flexibility index (Phi) is 19.5. The van der Waals surface area contributed by atoms with Crippen LogP contribution in [0.15, 0.2) is 12.2 Å². The topological polar surface area (TPSA) is 26.3 Å². The first-order valence-electron chi connectivity index (χ1n) is 10.7. The molecule has 0 unspecified atom stereocenters. The standard InChI is InChI=1S/C21H39Br3O2Si/c1-20(2)21(25)26-18-16-14-12-10-8-6-4-3-5-7-9-11-13-15-17-19-27(22,23)24/h1,3-19H2,2H3. The summed E-state index contributed by atoms with van der Waals surface area (Å²) in [6, 6.07) is 1.26. The number of hydrogen-bond acceptors (Lipinski definition) is 2. The van der Waals surface area contributed by atoms with E-state index in [0.717, 1.165) is 12.8 Å². The van der Waals surface area contributed by atoms with Crippen molar-refractivity contribution in [3.05, 3.63) is 12.2 Å². The van der Waals surface area contributed by atoms with Crippen molar-refractivity contribution in [1.82, 2.24) is 0 Å². The van der Waals surface area contributed by atoms with Crippen LogP contribution >= 0.6 is 45.9 Å². The quantitative estimate of drug-likeness (QED) is 0.0493. The van der Waals surface area contributed by atoms with Crippen LogP contribution in [-0.2, 0) is 9.53 Å². The van der Waals surface area contributed by atoms with Crippen molar-refractivity contribution in [1.29, 1.82) is 0 Å². The predicted molar refractivity (Wildman–Crippen MR) is 132 cm³/mol. The molecule has 0 saturated heterocycles. The first kappa shape index (κ1) is 27.9. The zero-order chi connectivity index (χ0) is 20.4. The first-order chi connectivity index (χ1) is 12.8. The number of unbranched alkanes of at least 4 members (excludes halogenated alkanes) is 14. The maximum Gasteiger partial charge on any atom is 0.333 e. The van der Waals surface area contributed by atoms with E-state index in [9.17, 15) is 4.79 Å². The van der Waals surface area contributed by atoms with Crippen molar-refractivity contribution in [2.45, 2.75) is 109 Å². The van der Waals surface area contributed by atoms with Gasteiger partial charge in [-0.1, -0.05) is 142 Å². The number of esters is 1. The minimum absolute atomic E-state index is 0.258. The van der Waals surface area contributed by atoms with Gasteiger partial charge in [-0.15, -0.1) is 0 Å². The van der Waals surface area contributed by atoms with Gasteiger partial charge in [-0.3, -0.25) is 0 Å². The van der Waals surface area contributed by atoms with Crippen LogP contribution in [0.25, 0.3) is 0 Å². The highest BCUT2D eigenvalue weighted by Gasteiger charge is 2.20. The number of carbonyl (C=O) groups is 1. The van der Waals surface area contributed by atoms with Gasteiger partial charge in [-0.2, -0.15) is 0 Å². The van der Waals surface area contributed by atoms with Gasteiger partial charge in [-0.05, 0) is 19.4 Å². The van der Waals surface area contributed by atoms with Crippen molar-refractivity contribution in [3.63, 3.8) is 0 Å². The first-order valence-corrected chi connectivity index (χ1v) is 19.7. The normalized spacial score (nSPS) is 11.6. The summed E-state index contributed by atoms with van der Waals surface area (Å²) in [5, 5.41) is 0. The van der Waals surface area contributed by atoms with Crippen LogP contribution in [0.2, 0.25) is 6.04 Å². The second-order valence-corrected chi connectivity index (χ2v) is 31.1. The highest BCUT2D eigenvalue weighted by Crippen LogP contribution is 2.33. The minimum Gasteiger partial charge on any atom is -0.462 e. The molecule has 0 fully saturated rings. The molecule has 0 aromatic heterocycles. The largest absolute Gasteiger partial charge is 0.462 e. The summed E-state index contributed by atoms with van der Waals surface area (Å²) in [6.45, 7) is 5.81. The van der Waals surface area contributed by atoms with Gasteiger partial charge >= 0.3 is 5.97 Å². The number of rotatable bonds is 19. The van der Waals surface area contributed by atoms with Gasteiger partial charge in [0.25, 0.3) is 3.93 Å². The summed E-state index contributed by atoms with van der Waals surface area (Å²) in [7, 11) is 0. The Morgan fingerprint density at radius 2 is 1.04 bits per heavy atom. The lowest BCUT2D eigenvalue weighted by molar-refractivity contribution is -0.139. The van der Waals surface area contributed by atoms with E-state index < -0.39 is 3.93 Å². The smallest absolute Gasteiger partial charge is 0.333 e. The zero-order valence-electron chi connectivity index (χ0n) is 17.2. The van der Waals surface area contributed by atoms with Gasteiger partial charge < -0.3 is 4.74 Å². The fourth-order valence-corrected chi connectivity index (χ4v) is 6.19. The van der Waals surface area contributed by atoms with Crippen LogP contribution in [0.1, 0.15) is 103 Å². The Morgan fingerprint density at radius 1 is 0.704 bits per heavy atom. The lowest BCUT2D eigenvalue weighted by atomic mass is 10.0. The molecule has 0 radical (unpaired) electrons. The second kappa shape index (κ2) is 18.9. The molecular weight excluding hydrogens is 552 g/mol. The highest BCUT2D eigenvalue weighted by atomic mass is 80.0. The maximum absolute atomic E-state index is 11.2. The Morgan fingerprint density at radius 3 is 1.37 bits per heavy atom. The Hall–Kier alpha value is 0.867. The SMILES string of the molecule is C=C(C)C(=O)OCCCCCCCCCCCCCCCCC[Si](Br)(Br)Br. The molecule has 0 heterocycles. The molecule has 27 heavy (non-hydrogen) atoms. The van der Waals surface area contributed by atoms with Crippen LogP contribution in [-0.4, -0.2) is 16.5 Å². The number of ether oxygens (including phenoxy) is 1. The van der Waals surface area contributed by atoms with E-state index in [0.29, 0.717) is 12.2 Å². The average molecular weight is 591 g/mol. The molecule has 160 valence electrons. The average Bonchev–Trinajstić information content (AvgIpc) is 2.59. The summed E-state index contributed by atoms with van der Waals surface area (Å²) in [5.74, 6) is -0.258. The third-order valence-corrected chi connectivity index (χ3v) is 9.18. The molecule has 6 heteroatoms. The molecule has 0 amide bonds. The lowest BCUT2D eigenvalue weighted by Crippen LogP contribution is -2.05. The van der Waals surface area contributed by atoms with Gasteiger partial charge in [0, 0.05) is 5.57 Å². The van der Waals surface area contributed by atoms with Crippen molar-refractivity contribution in [2.24, 2.45) is 0 Å². The Balaban J connectivity index is 3.11. The summed E-state index contributed by atoms with van der Waals surface area (Å²) >= 11 is 11.1. The van der Waals surface area contributed by atoms with Crippen LogP contribution in [0.5, 0.6) is 0 Å². The van der Waals surface area contributed by atoms with Crippen molar-refractivity contribution in [3.8, 4) is 0 Å². The number of carbonyl (C=O) groups excluding carboxylic acids is 1. The van der Waals surface area contributed by atoms with Crippen molar-refractivity contribution < 1.29 is 9.53 Å². The van der Waals surface area contributed by atoms with Crippen LogP contribution < -0.4 is 0 Å². The van der Waals surface area contributed by atoms with Crippen LogP contribution in [0, 0.1) is 0 Å². The third kappa shape index (κ3) is 23.0. The van der Waals surface area contributed by atoms with Crippen molar-refractivity contribution >= 4 is 55.8 Å². The predicted octanol–water partition coefficient (Wildman–Crippen LogP) is 9.08. The Labute approximate surface area is 192 Å². The van der Waals surface area contributed by atoms with Crippen molar-refractivity contribution in [2.75, 3.05) is 6.61 Å². The summed E-state index contributed by atoms with van der Waals surface area (Å²) in [4.78, 5) is 11.2. The van der Waals surface area contributed by atoms with Gasteiger partial charge in [0.15, 0.2) is 0 Å². The van der Waals surface area contributed by atoms with Gasteiger partial charge in [-0.25, -0.2) is 4.79 Å². The molecule has 0 N–H and O–H groups in total. The summed E-state index contributed by atoms with van der Waals surface area (Å²) < 4.78 is 3.74. The molecule has 2 nitrogen and oxygen atoms in total. The molecule has 0 aromatic carbocycles. The fourth-order valence-electron chi connectivity index (χ4n) is 3.01. The lowest BCUT2D eigenvalue weighted by Gasteiger charge is -2.08. The maximum atomic E-state index is 11.2. The molecule has 0 bridgehead atoms. The fraction of sp³-hybridized carbons (Fsp3) is 0.857. The van der Waals surface area contributed by atoms with E-state index in [1.807, 2.05) is 0 Å². The molecule has 0 aliphatic carbocycles. The molecule has 0 spiro atoms. The van der Waals surface area contributed by atoms with E-state index in [4.69, 9.17) is 4.74 Å². The molecule has 0 atom stereocenters. The molecule has 0 rings (SSSR count).